The molecule has 1 amide bonds. The Morgan fingerprint density at radius 1 is 1.35 bits per heavy atom. The Morgan fingerprint density at radius 2 is 2.00 bits per heavy atom. The first-order valence-electron chi connectivity index (χ1n) is 6.91. The second kappa shape index (κ2) is 8.76. The lowest BCUT2D eigenvalue weighted by Crippen LogP contribution is -2.34. The third kappa shape index (κ3) is 5.75. The third-order valence-corrected chi connectivity index (χ3v) is 3.99. The van der Waals surface area contributed by atoms with E-state index in [0.717, 1.165) is 23.7 Å². The van der Waals surface area contributed by atoms with Crippen LogP contribution in [0.15, 0.2) is 28.7 Å². The molecule has 1 aromatic carbocycles. The summed E-state index contributed by atoms with van der Waals surface area (Å²) in [5.74, 6) is 0.128. The summed E-state index contributed by atoms with van der Waals surface area (Å²) in [6.45, 7) is 1.91. The topological polar surface area (TPSA) is 44.1 Å². The van der Waals surface area contributed by atoms with E-state index in [1.54, 1.807) is 11.9 Å². The second-order valence-electron chi connectivity index (χ2n) is 5.05. The molecule has 1 atom stereocenters. The summed E-state index contributed by atoms with van der Waals surface area (Å²) in [5, 5.41) is 8.64. The number of carbonyl (C=O) groups is 1. The lowest BCUT2D eigenvalue weighted by molar-refractivity contribution is -0.131. The molecule has 3 nitrogen and oxygen atoms in total. The molecule has 4 heteroatoms. The van der Waals surface area contributed by atoms with Crippen LogP contribution in [0.25, 0.3) is 0 Å². The van der Waals surface area contributed by atoms with Crippen molar-refractivity contribution in [3.05, 3.63) is 34.3 Å². The van der Waals surface area contributed by atoms with Gasteiger partial charge in [0.25, 0.3) is 0 Å². The molecule has 0 aliphatic carbocycles. The molecule has 0 fully saturated rings. The highest BCUT2D eigenvalue weighted by Crippen LogP contribution is 2.13. The first-order chi connectivity index (χ1) is 9.54. The molecule has 1 rings (SSSR count). The van der Waals surface area contributed by atoms with E-state index in [0.29, 0.717) is 12.8 Å². The maximum absolute atomic E-state index is 11.9. The average Bonchev–Trinajstić information content (AvgIpc) is 2.44. The van der Waals surface area contributed by atoms with Gasteiger partial charge in [-0.15, -0.1) is 0 Å². The molecular weight excluding hydrogens is 316 g/mol. The van der Waals surface area contributed by atoms with Crippen molar-refractivity contribution < 1.29 is 4.79 Å². The molecule has 1 unspecified atom stereocenters. The van der Waals surface area contributed by atoms with Crippen LogP contribution in [0, 0.1) is 11.3 Å². The molecule has 0 aliphatic rings. The molecule has 0 radical (unpaired) electrons. The maximum Gasteiger partial charge on any atom is 0.222 e. The van der Waals surface area contributed by atoms with E-state index < -0.39 is 0 Å². The number of nitrogens with zero attached hydrogens (tertiary/aromatic N) is 2. The predicted molar refractivity (Wildman–Crippen MR) is 84.2 cm³/mol. The molecule has 0 N–H and O–H groups in total. The van der Waals surface area contributed by atoms with Crippen LogP contribution in [0.2, 0.25) is 0 Å². The van der Waals surface area contributed by atoms with Gasteiger partial charge in [0.2, 0.25) is 5.91 Å². The van der Waals surface area contributed by atoms with Crippen LogP contribution in [0.1, 0.15) is 38.2 Å². The Bertz CT molecular complexity index is 464. The van der Waals surface area contributed by atoms with Gasteiger partial charge in [0, 0.05) is 24.0 Å². The minimum Gasteiger partial charge on any atom is -0.342 e. The number of benzene rings is 1. The van der Waals surface area contributed by atoms with Crippen LogP contribution in [0.3, 0.4) is 0 Å². The zero-order chi connectivity index (χ0) is 15.0. The van der Waals surface area contributed by atoms with Crippen molar-refractivity contribution in [2.24, 2.45) is 0 Å². The Labute approximate surface area is 129 Å². The van der Waals surface area contributed by atoms with E-state index in [1.807, 2.05) is 19.1 Å². The molecule has 1 aromatic rings. The van der Waals surface area contributed by atoms with Gasteiger partial charge in [-0.05, 0) is 43.9 Å². The van der Waals surface area contributed by atoms with Gasteiger partial charge < -0.3 is 4.90 Å². The first kappa shape index (κ1) is 16.7. The van der Waals surface area contributed by atoms with Crippen LogP contribution in [-0.4, -0.2) is 23.9 Å². The van der Waals surface area contributed by atoms with E-state index >= 15 is 0 Å². The summed E-state index contributed by atoms with van der Waals surface area (Å²) < 4.78 is 1.09. The van der Waals surface area contributed by atoms with Gasteiger partial charge in [-0.1, -0.05) is 28.1 Å². The van der Waals surface area contributed by atoms with Crippen molar-refractivity contribution >= 4 is 21.8 Å². The SMILES string of the molecule is CC(CC#N)N(C)C(=O)CCCCc1ccc(Br)cc1. The lowest BCUT2D eigenvalue weighted by atomic mass is 10.1. The highest BCUT2D eigenvalue weighted by atomic mass is 79.9. The zero-order valence-corrected chi connectivity index (χ0v) is 13.7. The number of aryl methyl sites for hydroxylation is 1. The Kier molecular flexibility index (Phi) is 7.32. The Hall–Kier alpha value is -1.34. The van der Waals surface area contributed by atoms with Gasteiger partial charge >= 0.3 is 0 Å². The number of carbonyl (C=O) groups excluding carboxylic acids is 1. The van der Waals surface area contributed by atoms with Gasteiger partial charge in [-0.3, -0.25) is 4.79 Å². The number of nitriles is 1. The van der Waals surface area contributed by atoms with Crippen LogP contribution >= 0.6 is 15.9 Å². The molecule has 0 saturated carbocycles. The first-order valence-corrected chi connectivity index (χ1v) is 7.71. The fourth-order valence-corrected chi connectivity index (χ4v) is 2.21. The Balaban J connectivity index is 2.25. The van der Waals surface area contributed by atoms with Gasteiger partial charge in [0.1, 0.15) is 0 Å². The number of hydrogen-bond donors (Lipinski definition) is 0. The van der Waals surface area contributed by atoms with Crippen molar-refractivity contribution in [2.75, 3.05) is 7.05 Å². The summed E-state index contributed by atoms with van der Waals surface area (Å²) in [6.07, 6.45) is 3.84. The number of unbranched alkanes of at least 4 members (excludes halogenated alkanes) is 1. The van der Waals surface area contributed by atoms with Crippen molar-refractivity contribution in [2.45, 2.75) is 45.1 Å². The Morgan fingerprint density at radius 3 is 2.60 bits per heavy atom. The van der Waals surface area contributed by atoms with Gasteiger partial charge in [-0.25, -0.2) is 0 Å². The molecule has 20 heavy (non-hydrogen) atoms. The minimum atomic E-state index is -0.000950. The van der Waals surface area contributed by atoms with E-state index in [9.17, 15) is 4.79 Å². The molecule has 0 aromatic heterocycles. The summed E-state index contributed by atoms with van der Waals surface area (Å²) in [6, 6.07) is 10.4. The molecule has 0 aliphatic heterocycles. The molecule has 0 heterocycles. The smallest absolute Gasteiger partial charge is 0.222 e. The van der Waals surface area contributed by atoms with Crippen molar-refractivity contribution in [1.29, 1.82) is 5.26 Å². The van der Waals surface area contributed by atoms with Gasteiger partial charge in [0.05, 0.1) is 12.5 Å². The van der Waals surface area contributed by atoms with E-state index in [-0.39, 0.29) is 11.9 Å². The molecule has 0 spiro atoms. The number of halogens is 1. The normalized spacial score (nSPS) is 11.7. The lowest BCUT2D eigenvalue weighted by Gasteiger charge is -2.22. The largest absolute Gasteiger partial charge is 0.342 e. The minimum absolute atomic E-state index is 0.000950. The molecular formula is C16H21BrN2O. The van der Waals surface area contributed by atoms with Gasteiger partial charge in [-0.2, -0.15) is 5.26 Å². The number of rotatable bonds is 7. The molecule has 0 saturated heterocycles. The number of amides is 1. The second-order valence-corrected chi connectivity index (χ2v) is 5.97. The summed E-state index contributed by atoms with van der Waals surface area (Å²) >= 11 is 3.42. The van der Waals surface area contributed by atoms with Crippen molar-refractivity contribution in [3.8, 4) is 6.07 Å². The van der Waals surface area contributed by atoms with Crippen LogP contribution in [-0.2, 0) is 11.2 Å². The maximum atomic E-state index is 11.9. The van der Waals surface area contributed by atoms with Crippen LogP contribution < -0.4 is 0 Å². The molecule has 0 bridgehead atoms. The summed E-state index contributed by atoms with van der Waals surface area (Å²) in [7, 11) is 1.78. The fourth-order valence-electron chi connectivity index (χ4n) is 1.95. The van der Waals surface area contributed by atoms with Crippen LogP contribution in [0.5, 0.6) is 0 Å². The molecule has 108 valence electrons. The monoisotopic (exact) mass is 336 g/mol. The van der Waals surface area contributed by atoms with Gasteiger partial charge in [0.15, 0.2) is 0 Å². The van der Waals surface area contributed by atoms with E-state index in [1.165, 1.54) is 5.56 Å². The predicted octanol–water partition coefficient (Wildman–Crippen LogP) is 3.92. The van der Waals surface area contributed by atoms with Crippen LogP contribution in [0.4, 0.5) is 0 Å². The van der Waals surface area contributed by atoms with E-state index in [4.69, 9.17) is 5.26 Å². The van der Waals surface area contributed by atoms with E-state index in [2.05, 4.69) is 34.1 Å². The third-order valence-electron chi connectivity index (χ3n) is 3.46. The van der Waals surface area contributed by atoms with Crippen molar-refractivity contribution in [3.63, 3.8) is 0 Å². The quantitative estimate of drug-likeness (QED) is 0.708. The highest BCUT2D eigenvalue weighted by Gasteiger charge is 2.14. The van der Waals surface area contributed by atoms with Crippen molar-refractivity contribution in [1.82, 2.24) is 4.90 Å². The zero-order valence-electron chi connectivity index (χ0n) is 12.1. The summed E-state index contributed by atoms with van der Waals surface area (Å²) in [4.78, 5) is 13.6. The summed E-state index contributed by atoms with van der Waals surface area (Å²) in [5.41, 5.74) is 1.30. The fraction of sp³-hybridized carbons (Fsp3) is 0.500. The number of hydrogen-bond acceptors (Lipinski definition) is 2. The average molecular weight is 337 g/mol. The highest BCUT2D eigenvalue weighted by molar-refractivity contribution is 9.10. The standard InChI is InChI=1S/C16H21BrN2O/c1-13(11-12-18)19(2)16(20)6-4-3-5-14-7-9-15(17)10-8-14/h7-10,13H,3-6,11H2,1-2H3.